The van der Waals surface area contributed by atoms with Gasteiger partial charge in [0.05, 0.1) is 22.9 Å². The van der Waals surface area contributed by atoms with Crippen LogP contribution >= 0.6 is 0 Å². The van der Waals surface area contributed by atoms with Crippen LogP contribution in [0.15, 0.2) is 167 Å². The van der Waals surface area contributed by atoms with Crippen molar-refractivity contribution in [2.24, 2.45) is 0 Å². The van der Waals surface area contributed by atoms with Crippen molar-refractivity contribution in [3.8, 4) is 33.5 Å². The maximum Gasteiger partial charge on any atom is 0.144 e. The van der Waals surface area contributed by atoms with Crippen molar-refractivity contribution in [3.05, 3.63) is 158 Å². The average Bonchev–Trinajstić information content (AvgIpc) is 3.75. The Morgan fingerprint density at radius 1 is 0.400 bits per heavy atom. The Hall–Kier alpha value is -6.78. The van der Waals surface area contributed by atoms with Gasteiger partial charge < -0.3 is 8.83 Å². The van der Waals surface area contributed by atoms with Crippen LogP contribution < -0.4 is 0 Å². The summed E-state index contributed by atoms with van der Waals surface area (Å²) >= 11 is 0. The molecule has 0 atom stereocenters. The fourth-order valence-electron chi connectivity index (χ4n) is 7.85. The molecule has 0 bridgehead atoms. The minimum Gasteiger partial charge on any atom is -0.456 e. The molecular weight excluding hydrogens is 613 g/mol. The summed E-state index contributed by atoms with van der Waals surface area (Å²) in [6.45, 7) is 0. The first-order valence-corrected chi connectivity index (χ1v) is 16.8. The van der Waals surface area contributed by atoms with E-state index in [9.17, 15) is 0 Å². The van der Waals surface area contributed by atoms with Crippen molar-refractivity contribution in [3.63, 3.8) is 0 Å². The zero-order valence-electron chi connectivity index (χ0n) is 26.7. The molecule has 0 aliphatic heterocycles. The highest BCUT2D eigenvalue weighted by molar-refractivity contribution is 6.25. The number of nitrogens with zero attached hydrogens (tertiary/aromatic N) is 2. The second kappa shape index (κ2) is 10.4. The SMILES string of the molecule is c1ccc(-c2c3oc4c(-c5cccc(-c6cnc7c8ccccc8c8ccccc8c7n6)c5)cccc4c3cc3oc4ccccc4c23)cc1. The molecule has 0 saturated carbocycles. The fraction of sp³-hybridized carbons (Fsp3) is 0. The number of fused-ring (bicyclic) bond motifs is 12. The van der Waals surface area contributed by atoms with Gasteiger partial charge in [0, 0.05) is 49.0 Å². The minimum atomic E-state index is 0.829. The first kappa shape index (κ1) is 27.2. The van der Waals surface area contributed by atoms with Crippen LogP contribution in [0.5, 0.6) is 0 Å². The van der Waals surface area contributed by atoms with E-state index < -0.39 is 0 Å². The van der Waals surface area contributed by atoms with Crippen LogP contribution in [0.3, 0.4) is 0 Å². The molecule has 0 saturated heterocycles. The maximum atomic E-state index is 6.97. The van der Waals surface area contributed by atoms with Crippen LogP contribution in [-0.2, 0) is 0 Å². The van der Waals surface area contributed by atoms with Gasteiger partial charge in [-0.05, 0) is 40.1 Å². The standard InChI is InChI=1S/C46H26N2O2/c1-2-12-27(13-3-1)41-42-36-20-8-9-23-39(36)49-40(42)25-37-35-22-11-21-30(45(35)50-46(37)41)28-14-10-15-29(24-28)38-26-47-43-33-18-6-4-16-31(33)32-17-5-7-19-34(32)44(43)48-38/h1-26H. The second-order valence-electron chi connectivity index (χ2n) is 12.9. The van der Waals surface area contributed by atoms with Crippen molar-refractivity contribution >= 4 is 76.5 Å². The van der Waals surface area contributed by atoms with Crippen molar-refractivity contribution < 1.29 is 8.83 Å². The van der Waals surface area contributed by atoms with Crippen LogP contribution in [0.1, 0.15) is 0 Å². The molecule has 50 heavy (non-hydrogen) atoms. The number of hydrogen-bond acceptors (Lipinski definition) is 4. The van der Waals surface area contributed by atoms with Gasteiger partial charge >= 0.3 is 0 Å². The predicted octanol–water partition coefficient (Wildman–Crippen LogP) is 12.7. The van der Waals surface area contributed by atoms with Gasteiger partial charge in [0.2, 0.25) is 0 Å². The molecule has 232 valence electrons. The summed E-state index contributed by atoms with van der Waals surface area (Å²) in [6, 6.07) is 52.7. The van der Waals surface area contributed by atoms with Crippen molar-refractivity contribution in [1.82, 2.24) is 9.97 Å². The Balaban J connectivity index is 1.13. The molecule has 3 aromatic heterocycles. The lowest BCUT2D eigenvalue weighted by atomic mass is 9.96. The lowest BCUT2D eigenvalue weighted by Gasteiger charge is -2.11. The van der Waals surface area contributed by atoms with Gasteiger partial charge in [-0.2, -0.15) is 0 Å². The molecule has 4 nitrogen and oxygen atoms in total. The van der Waals surface area contributed by atoms with E-state index in [0.717, 1.165) is 99.2 Å². The van der Waals surface area contributed by atoms with E-state index in [4.69, 9.17) is 18.8 Å². The van der Waals surface area contributed by atoms with E-state index in [2.05, 4.69) is 133 Å². The normalized spacial score (nSPS) is 12.0. The second-order valence-corrected chi connectivity index (χ2v) is 12.9. The predicted molar refractivity (Wildman–Crippen MR) is 205 cm³/mol. The molecule has 11 rings (SSSR count). The van der Waals surface area contributed by atoms with Gasteiger partial charge in [-0.1, -0.05) is 133 Å². The van der Waals surface area contributed by atoms with Crippen molar-refractivity contribution in [2.75, 3.05) is 0 Å². The third kappa shape index (κ3) is 3.87. The molecule has 0 amide bonds. The molecule has 0 N–H and O–H groups in total. The van der Waals surface area contributed by atoms with Gasteiger partial charge in [-0.3, -0.25) is 4.98 Å². The zero-order chi connectivity index (χ0) is 32.8. The van der Waals surface area contributed by atoms with Gasteiger partial charge in [0.25, 0.3) is 0 Å². The number of hydrogen-bond donors (Lipinski definition) is 0. The number of furan rings is 2. The van der Waals surface area contributed by atoms with Gasteiger partial charge in [-0.15, -0.1) is 0 Å². The Morgan fingerprint density at radius 2 is 1.04 bits per heavy atom. The summed E-state index contributed by atoms with van der Waals surface area (Å²) in [5.41, 5.74) is 11.3. The van der Waals surface area contributed by atoms with E-state index in [1.54, 1.807) is 0 Å². The molecule has 0 aliphatic rings. The van der Waals surface area contributed by atoms with E-state index >= 15 is 0 Å². The van der Waals surface area contributed by atoms with Crippen LogP contribution in [0, 0.1) is 0 Å². The summed E-state index contributed by atoms with van der Waals surface area (Å²) in [5.74, 6) is 0. The molecule has 0 spiro atoms. The van der Waals surface area contributed by atoms with E-state index in [1.165, 1.54) is 10.8 Å². The summed E-state index contributed by atoms with van der Waals surface area (Å²) in [5, 5.41) is 8.81. The summed E-state index contributed by atoms with van der Waals surface area (Å²) in [4.78, 5) is 10.3. The van der Waals surface area contributed by atoms with E-state index in [0.29, 0.717) is 0 Å². The Bertz CT molecular complexity index is 3120. The molecule has 0 fully saturated rings. The molecular formula is C46H26N2O2. The number of aromatic nitrogens is 2. The highest BCUT2D eigenvalue weighted by Crippen LogP contribution is 2.46. The highest BCUT2D eigenvalue weighted by Gasteiger charge is 2.22. The van der Waals surface area contributed by atoms with E-state index in [-0.39, 0.29) is 0 Å². The minimum absolute atomic E-state index is 0.829. The molecule has 0 radical (unpaired) electrons. The third-order valence-electron chi connectivity index (χ3n) is 10.1. The van der Waals surface area contributed by atoms with Crippen molar-refractivity contribution in [2.45, 2.75) is 0 Å². The lowest BCUT2D eigenvalue weighted by molar-refractivity contribution is 0.665. The summed E-state index contributed by atoms with van der Waals surface area (Å²) < 4.78 is 13.4. The van der Waals surface area contributed by atoms with Crippen LogP contribution in [0.2, 0.25) is 0 Å². The smallest absolute Gasteiger partial charge is 0.144 e. The quantitative estimate of drug-likeness (QED) is 0.181. The molecule has 4 heteroatoms. The number of rotatable bonds is 3. The van der Waals surface area contributed by atoms with Gasteiger partial charge in [0.15, 0.2) is 0 Å². The number of para-hydroxylation sites is 2. The molecule has 0 aliphatic carbocycles. The van der Waals surface area contributed by atoms with Crippen LogP contribution in [0.25, 0.3) is 110 Å². The number of benzene rings is 8. The summed E-state index contributed by atoms with van der Waals surface area (Å²) in [6.07, 6.45) is 1.90. The largest absolute Gasteiger partial charge is 0.456 e. The molecule has 3 heterocycles. The lowest BCUT2D eigenvalue weighted by Crippen LogP contribution is -1.92. The third-order valence-corrected chi connectivity index (χ3v) is 10.1. The molecule has 0 unspecified atom stereocenters. The Morgan fingerprint density at radius 3 is 1.86 bits per heavy atom. The van der Waals surface area contributed by atoms with Crippen LogP contribution in [-0.4, -0.2) is 9.97 Å². The van der Waals surface area contributed by atoms with Crippen molar-refractivity contribution in [1.29, 1.82) is 0 Å². The molecule has 8 aromatic carbocycles. The van der Waals surface area contributed by atoms with Crippen LogP contribution in [0.4, 0.5) is 0 Å². The van der Waals surface area contributed by atoms with E-state index in [1.807, 2.05) is 24.4 Å². The topological polar surface area (TPSA) is 52.1 Å². The van der Waals surface area contributed by atoms with Gasteiger partial charge in [0.1, 0.15) is 22.3 Å². The maximum absolute atomic E-state index is 6.97. The average molecular weight is 639 g/mol. The summed E-state index contributed by atoms with van der Waals surface area (Å²) in [7, 11) is 0. The first-order chi connectivity index (χ1) is 24.8. The molecule has 11 aromatic rings. The Labute approximate surface area is 285 Å². The Kier molecular flexibility index (Phi) is 5.63. The fourth-order valence-corrected chi connectivity index (χ4v) is 7.85. The monoisotopic (exact) mass is 638 g/mol. The highest BCUT2D eigenvalue weighted by atomic mass is 16.3. The van der Waals surface area contributed by atoms with Gasteiger partial charge in [-0.25, -0.2) is 4.98 Å². The zero-order valence-corrected chi connectivity index (χ0v) is 26.7. The first-order valence-electron chi connectivity index (χ1n) is 16.8.